The molecule has 0 atom stereocenters. The molecule has 0 radical (unpaired) electrons. The van der Waals surface area contributed by atoms with Gasteiger partial charge < -0.3 is 5.32 Å². The smallest absolute Gasteiger partial charge is 0.264 e. The van der Waals surface area contributed by atoms with Gasteiger partial charge in [0.05, 0.1) is 15.5 Å². The SMILES string of the molecule is Cc1ccnc(NS(=O)(=O)c2ccc(NC(=O)CN(c3cccc(Cl)c3)S(=O)(=O)c3ccccc3)cc2)n1. The van der Waals surface area contributed by atoms with Gasteiger partial charge in [0.1, 0.15) is 6.54 Å². The number of hydrogen-bond donors (Lipinski definition) is 2. The molecule has 2 N–H and O–H groups in total. The molecule has 196 valence electrons. The number of carbonyl (C=O) groups excluding carboxylic acids is 1. The summed E-state index contributed by atoms with van der Waals surface area (Å²) in [5.74, 6) is -0.713. The molecule has 0 aliphatic rings. The van der Waals surface area contributed by atoms with Crippen LogP contribution in [-0.2, 0) is 24.8 Å². The highest BCUT2D eigenvalue weighted by molar-refractivity contribution is 7.93. The lowest BCUT2D eigenvalue weighted by Crippen LogP contribution is -2.38. The highest BCUT2D eigenvalue weighted by atomic mass is 35.5. The van der Waals surface area contributed by atoms with Crippen molar-refractivity contribution in [2.24, 2.45) is 0 Å². The summed E-state index contributed by atoms with van der Waals surface area (Å²) in [4.78, 5) is 20.8. The number of aromatic nitrogens is 2. The Morgan fingerprint density at radius 1 is 0.895 bits per heavy atom. The Morgan fingerprint density at radius 2 is 1.61 bits per heavy atom. The summed E-state index contributed by atoms with van der Waals surface area (Å²) in [6.07, 6.45) is 1.43. The summed E-state index contributed by atoms with van der Waals surface area (Å²) in [6, 6.07) is 20.9. The van der Waals surface area contributed by atoms with Crippen LogP contribution in [0.4, 0.5) is 17.3 Å². The van der Waals surface area contributed by atoms with Crippen LogP contribution in [0.15, 0.2) is 101 Å². The maximum atomic E-state index is 13.4. The van der Waals surface area contributed by atoms with Crippen molar-refractivity contribution in [1.82, 2.24) is 9.97 Å². The molecular formula is C25H22ClN5O5S2. The Labute approximate surface area is 225 Å². The zero-order valence-corrected chi connectivity index (χ0v) is 22.3. The molecule has 0 unspecified atom stereocenters. The van der Waals surface area contributed by atoms with E-state index in [2.05, 4.69) is 20.0 Å². The molecule has 4 aromatic rings. The van der Waals surface area contributed by atoms with Crippen molar-refractivity contribution >= 4 is 54.9 Å². The Hall–Kier alpha value is -4.00. The van der Waals surface area contributed by atoms with Gasteiger partial charge in [0, 0.05) is 22.6 Å². The fourth-order valence-corrected chi connectivity index (χ4v) is 5.96. The van der Waals surface area contributed by atoms with E-state index in [4.69, 9.17) is 11.6 Å². The number of amides is 1. The van der Waals surface area contributed by atoms with E-state index < -0.39 is 32.5 Å². The minimum Gasteiger partial charge on any atom is -0.325 e. The maximum Gasteiger partial charge on any atom is 0.264 e. The van der Waals surface area contributed by atoms with Gasteiger partial charge in [0.15, 0.2) is 0 Å². The predicted octanol–water partition coefficient (Wildman–Crippen LogP) is 4.07. The molecule has 1 amide bonds. The molecule has 13 heteroatoms. The van der Waals surface area contributed by atoms with Gasteiger partial charge in [-0.15, -0.1) is 0 Å². The first kappa shape index (κ1) is 27.0. The monoisotopic (exact) mass is 571 g/mol. The summed E-state index contributed by atoms with van der Waals surface area (Å²) in [6.45, 7) is 1.15. The topological polar surface area (TPSA) is 138 Å². The van der Waals surface area contributed by atoms with Crippen LogP contribution in [0.5, 0.6) is 0 Å². The van der Waals surface area contributed by atoms with Crippen LogP contribution < -0.4 is 14.3 Å². The first-order valence-electron chi connectivity index (χ1n) is 11.1. The van der Waals surface area contributed by atoms with Crippen molar-refractivity contribution < 1.29 is 21.6 Å². The molecule has 38 heavy (non-hydrogen) atoms. The largest absolute Gasteiger partial charge is 0.325 e. The molecule has 0 saturated heterocycles. The van der Waals surface area contributed by atoms with Gasteiger partial charge >= 0.3 is 0 Å². The third-order valence-corrected chi connectivity index (χ3v) is 8.55. The summed E-state index contributed by atoms with van der Waals surface area (Å²) in [5, 5.41) is 2.90. The predicted molar refractivity (Wildman–Crippen MR) is 145 cm³/mol. The van der Waals surface area contributed by atoms with Gasteiger partial charge in [-0.1, -0.05) is 35.9 Å². The number of halogens is 1. The van der Waals surface area contributed by atoms with Gasteiger partial charge in [0.2, 0.25) is 11.9 Å². The molecule has 0 bridgehead atoms. The van der Waals surface area contributed by atoms with E-state index in [0.29, 0.717) is 10.7 Å². The standard InChI is InChI=1S/C25H22ClN5O5S2/c1-18-14-15-27-25(28-18)30-37(33,34)22-12-10-20(11-13-22)29-24(32)17-31(21-7-5-6-19(26)16-21)38(35,36)23-8-3-2-4-9-23/h2-16H,17H2,1H3,(H,29,32)(H,27,28,30). The molecule has 0 fully saturated rings. The van der Waals surface area contributed by atoms with Crippen molar-refractivity contribution in [2.75, 3.05) is 20.9 Å². The lowest BCUT2D eigenvalue weighted by molar-refractivity contribution is -0.114. The highest BCUT2D eigenvalue weighted by Gasteiger charge is 2.27. The van der Waals surface area contributed by atoms with Crippen molar-refractivity contribution in [1.29, 1.82) is 0 Å². The Kier molecular flexibility index (Phi) is 7.95. The molecule has 0 saturated carbocycles. The van der Waals surface area contributed by atoms with Crippen LogP contribution in [0.1, 0.15) is 5.69 Å². The molecule has 3 aromatic carbocycles. The van der Waals surface area contributed by atoms with E-state index >= 15 is 0 Å². The van der Waals surface area contributed by atoms with Crippen molar-refractivity contribution in [3.8, 4) is 0 Å². The normalized spacial score (nSPS) is 11.5. The molecular weight excluding hydrogens is 550 g/mol. The minimum absolute atomic E-state index is 0.00687. The summed E-state index contributed by atoms with van der Waals surface area (Å²) >= 11 is 6.08. The van der Waals surface area contributed by atoms with E-state index in [1.807, 2.05) is 0 Å². The number of sulfonamides is 2. The molecule has 0 aliphatic carbocycles. The van der Waals surface area contributed by atoms with E-state index in [0.717, 1.165) is 4.31 Å². The van der Waals surface area contributed by atoms with Crippen LogP contribution in [0.2, 0.25) is 5.02 Å². The average molecular weight is 572 g/mol. The van der Waals surface area contributed by atoms with Crippen LogP contribution in [0.25, 0.3) is 0 Å². The molecule has 0 aliphatic heterocycles. The first-order valence-corrected chi connectivity index (χ1v) is 14.4. The summed E-state index contributed by atoms with van der Waals surface area (Å²) < 4.78 is 55.3. The van der Waals surface area contributed by atoms with Gasteiger partial charge in [-0.05, 0) is 67.6 Å². The lowest BCUT2D eigenvalue weighted by Gasteiger charge is -2.24. The number of rotatable bonds is 9. The average Bonchev–Trinajstić information content (AvgIpc) is 2.88. The van der Waals surface area contributed by atoms with Gasteiger partial charge in [-0.3, -0.25) is 9.10 Å². The third kappa shape index (κ3) is 6.46. The molecule has 0 spiro atoms. The Balaban J connectivity index is 1.52. The molecule has 10 nitrogen and oxygen atoms in total. The second-order valence-corrected chi connectivity index (χ2v) is 12.0. The van der Waals surface area contributed by atoms with E-state index in [9.17, 15) is 21.6 Å². The van der Waals surface area contributed by atoms with Crippen LogP contribution in [-0.4, -0.2) is 39.3 Å². The van der Waals surface area contributed by atoms with Crippen LogP contribution in [0, 0.1) is 6.92 Å². The highest BCUT2D eigenvalue weighted by Crippen LogP contribution is 2.26. The van der Waals surface area contributed by atoms with Crippen molar-refractivity contribution in [2.45, 2.75) is 16.7 Å². The van der Waals surface area contributed by atoms with E-state index in [1.54, 1.807) is 43.3 Å². The van der Waals surface area contributed by atoms with Crippen LogP contribution in [0.3, 0.4) is 0 Å². The number of aryl methyl sites for hydroxylation is 1. The lowest BCUT2D eigenvalue weighted by atomic mass is 10.3. The zero-order valence-electron chi connectivity index (χ0n) is 19.9. The number of carbonyl (C=O) groups is 1. The number of nitrogens with zero attached hydrogens (tertiary/aromatic N) is 3. The number of anilines is 3. The quantitative estimate of drug-likeness (QED) is 0.309. The zero-order chi connectivity index (χ0) is 27.3. The minimum atomic E-state index is -4.10. The fraction of sp³-hybridized carbons (Fsp3) is 0.0800. The van der Waals surface area contributed by atoms with E-state index in [1.165, 1.54) is 54.7 Å². The maximum absolute atomic E-state index is 13.4. The second-order valence-electron chi connectivity index (χ2n) is 8.00. The second kappa shape index (κ2) is 11.2. The van der Waals surface area contributed by atoms with Crippen molar-refractivity contribution in [3.05, 3.63) is 102 Å². The summed E-state index contributed by atoms with van der Waals surface area (Å²) in [5.41, 5.74) is 1.07. The van der Waals surface area contributed by atoms with Gasteiger partial charge in [-0.2, -0.15) is 0 Å². The van der Waals surface area contributed by atoms with Crippen molar-refractivity contribution in [3.63, 3.8) is 0 Å². The number of hydrogen-bond acceptors (Lipinski definition) is 7. The third-order valence-electron chi connectivity index (χ3n) is 5.18. The summed E-state index contributed by atoms with van der Waals surface area (Å²) in [7, 11) is -8.07. The Morgan fingerprint density at radius 3 is 2.26 bits per heavy atom. The number of nitrogens with one attached hydrogen (secondary N) is 2. The van der Waals surface area contributed by atoms with E-state index in [-0.39, 0.29) is 27.1 Å². The number of benzene rings is 3. The van der Waals surface area contributed by atoms with Crippen LogP contribution >= 0.6 is 11.6 Å². The van der Waals surface area contributed by atoms with Gasteiger partial charge in [0.25, 0.3) is 20.0 Å². The Bertz CT molecular complexity index is 1670. The molecule has 4 rings (SSSR count). The molecule has 1 heterocycles. The fourth-order valence-electron chi connectivity index (χ4n) is 3.39. The molecule has 1 aromatic heterocycles. The first-order chi connectivity index (χ1) is 18.0. The van der Waals surface area contributed by atoms with Gasteiger partial charge in [-0.25, -0.2) is 31.5 Å².